The highest BCUT2D eigenvalue weighted by molar-refractivity contribution is 5.53. The van der Waals surface area contributed by atoms with Crippen LogP contribution < -0.4 is 5.32 Å². The normalized spacial score (nSPS) is 17.7. The van der Waals surface area contributed by atoms with Crippen molar-refractivity contribution >= 4 is 5.94 Å². The van der Waals surface area contributed by atoms with E-state index in [0.29, 0.717) is 0 Å². The fourth-order valence-electron chi connectivity index (χ4n) is 0.337. The molecule has 1 fully saturated rings. The van der Waals surface area contributed by atoms with E-state index in [9.17, 15) is 4.79 Å². The highest BCUT2D eigenvalue weighted by Crippen LogP contribution is 1.98. The summed E-state index contributed by atoms with van der Waals surface area (Å²) in [4.78, 5) is 9.56. The van der Waals surface area contributed by atoms with E-state index in [4.69, 9.17) is 0 Å². The van der Waals surface area contributed by atoms with Gasteiger partial charge in [0.1, 0.15) is 5.94 Å². The van der Waals surface area contributed by atoms with Crippen molar-refractivity contribution in [3.63, 3.8) is 0 Å². The maximum Gasteiger partial charge on any atom is 0.145 e. The van der Waals surface area contributed by atoms with Crippen LogP contribution >= 0.6 is 0 Å². The van der Waals surface area contributed by atoms with E-state index in [2.05, 4.69) is 5.32 Å². The quantitative estimate of drug-likeness (QED) is 0.407. The Morgan fingerprint density at radius 3 is 2.50 bits per heavy atom. The number of rotatable bonds is 0. The fourth-order valence-corrected chi connectivity index (χ4v) is 0.337. The summed E-state index contributed by atoms with van der Waals surface area (Å²) in [5.41, 5.74) is 0.718. The lowest BCUT2D eigenvalue weighted by Gasteiger charge is -2.13. The fraction of sp³-hybridized carbons (Fsp3) is 0.500. The van der Waals surface area contributed by atoms with E-state index in [0.717, 1.165) is 18.7 Å². The number of hydrogen-bond donors (Lipinski definition) is 1. The second-order valence-electron chi connectivity index (χ2n) is 1.26. The zero-order valence-electron chi connectivity index (χ0n) is 3.32. The maximum atomic E-state index is 9.56. The number of carbonyl (C=O) groups excluding carboxylic acids is 1. The van der Waals surface area contributed by atoms with Crippen LogP contribution in [0, 0.1) is 0 Å². The molecular weight excluding hydrogens is 78.0 g/mol. The van der Waals surface area contributed by atoms with Gasteiger partial charge in [-0.3, -0.25) is 0 Å². The smallest absolute Gasteiger partial charge is 0.145 e. The lowest BCUT2D eigenvalue weighted by atomic mass is 10.2. The van der Waals surface area contributed by atoms with Crippen molar-refractivity contribution in [1.29, 1.82) is 0 Å². The van der Waals surface area contributed by atoms with Gasteiger partial charge in [-0.05, 0) is 0 Å². The molecule has 0 bridgehead atoms. The molecule has 2 nitrogen and oxygen atoms in total. The van der Waals surface area contributed by atoms with Crippen LogP contribution in [0.4, 0.5) is 0 Å². The molecule has 0 aliphatic carbocycles. The minimum atomic E-state index is 0.718. The first-order valence-corrected chi connectivity index (χ1v) is 1.91. The first kappa shape index (κ1) is 3.44. The van der Waals surface area contributed by atoms with E-state index in [1.807, 2.05) is 0 Å². The minimum absolute atomic E-state index is 0.718. The molecule has 0 amide bonds. The third-order valence-electron chi connectivity index (χ3n) is 0.837. The molecule has 0 saturated carbocycles. The largest absolute Gasteiger partial charge is 0.379 e. The topological polar surface area (TPSA) is 29.1 Å². The van der Waals surface area contributed by atoms with Gasteiger partial charge in [0.15, 0.2) is 0 Å². The average Bonchev–Trinajstić information content (AvgIpc) is 1.31. The van der Waals surface area contributed by atoms with Gasteiger partial charge in [-0.15, -0.1) is 0 Å². The SMILES string of the molecule is O=C=C1CCN1. The Hall–Kier alpha value is -0.750. The van der Waals surface area contributed by atoms with Crippen LogP contribution in [0.25, 0.3) is 0 Å². The third-order valence-corrected chi connectivity index (χ3v) is 0.837. The Morgan fingerprint density at radius 1 is 1.83 bits per heavy atom. The van der Waals surface area contributed by atoms with Crippen molar-refractivity contribution in [2.24, 2.45) is 0 Å². The van der Waals surface area contributed by atoms with Crippen LogP contribution in [0.2, 0.25) is 0 Å². The monoisotopic (exact) mass is 83.0 g/mol. The second-order valence-corrected chi connectivity index (χ2v) is 1.26. The van der Waals surface area contributed by atoms with Crippen molar-refractivity contribution < 1.29 is 4.79 Å². The van der Waals surface area contributed by atoms with Crippen molar-refractivity contribution in [2.75, 3.05) is 6.54 Å². The van der Waals surface area contributed by atoms with Crippen LogP contribution in [0.3, 0.4) is 0 Å². The summed E-state index contributed by atoms with van der Waals surface area (Å²) in [5.74, 6) is 1.76. The number of hydrogen-bond acceptors (Lipinski definition) is 2. The lowest BCUT2D eigenvalue weighted by Crippen LogP contribution is -2.27. The molecule has 1 heterocycles. The van der Waals surface area contributed by atoms with Crippen molar-refractivity contribution in [3.05, 3.63) is 5.70 Å². The number of nitrogens with one attached hydrogen (secondary N) is 1. The van der Waals surface area contributed by atoms with Gasteiger partial charge in [-0.1, -0.05) is 0 Å². The standard InChI is InChI=1S/C4H5NO/c6-3-4-1-2-5-4/h5H,1-2H2. The van der Waals surface area contributed by atoms with E-state index in [-0.39, 0.29) is 0 Å². The van der Waals surface area contributed by atoms with Crippen molar-refractivity contribution in [3.8, 4) is 0 Å². The van der Waals surface area contributed by atoms with Crippen LogP contribution in [-0.2, 0) is 4.79 Å². The van der Waals surface area contributed by atoms with Crippen molar-refractivity contribution in [2.45, 2.75) is 6.42 Å². The molecule has 0 aromatic carbocycles. The zero-order valence-corrected chi connectivity index (χ0v) is 3.32. The Bertz CT molecular complexity index is 96.1. The van der Waals surface area contributed by atoms with Crippen LogP contribution in [-0.4, -0.2) is 12.5 Å². The molecular formula is C4H5NO. The molecule has 0 aromatic rings. The van der Waals surface area contributed by atoms with E-state index >= 15 is 0 Å². The van der Waals surface area contributed by atoms with E-state index in [1.165, 1.54) is 0 Å². The van der Waals surface area contributed by atoms with Crippen molar-refractivity contribution in [1.82, 2.24) is 5.32 Å². The molecule has 6 heavy (non-hydrogen) atoms. The Labute approximate surface area is 35.9 Å². The van der Waals surface area contributed by atoms with E-state index in [1.54, 1.807) is 5.94 Å². The molecule has 1 rings (SSSR count). The van der Waals surface area contributed by atoms with Gasteiger partial charge < -0.3 is 5.32 Å². The Balaban J connectivity index is 2.55. The molecule has 1 aliphatic rings. The molecule has 0 unspecified atom stereocenters. The first-order chi connectivity index (χ1) is 2.93. The lowest BCUT2D eigenvalue weighted by molar-refractivity contribution is 0.551. The molecule has 1 aliphatic heterocycles. The maximum absolute atomic E-state index is 9.56. The molecule has 0 spiro atoms. The molecule has 32 valence electrons. The molecule has 2 heteroatoms. The van der Waals surface area contributed by atoms with Crippen LogP contribution in [0.1, 0.15) is 6.42 Å². The van der Waals surface area contributed by atoms with E-state index < -0.39 is 0 Å². The van der Waals surface area contributed by atoms with Gasteiger partial charge in [-0.2, -0.15) is 0 Å². The summed E-state index contributed by atoms with van der Waals surface area (Å²) in [5, 5.41) is 2.79. The molecule has 0 aromatic heterocycles. The summed E-state index contributed by atoms with van der Waals surface area (Å²) < 4.78 is 0. The van der Waals surface area contributed by atoms with Crippen LogP contribution in [0.15, 0.2) is 5.70 Å². The summed E-state index contributed by atoms with van der Waals surface area (Å²) in [6.07, 6.45) is 0.892. The van der Waals surface area contributed by atoms with Crippen LogP contribution in [0.5, 0.6) is 0 Å². The molecule has 1 N–H and O–H groups in total. The third kappa shape index (κ3) is 0.313. The zero-order chi connectivity index (χ0) is 4.41. The molecule has 0 radical (unpaired) electrons. The Morgan fingerprint density at radius 2 is 2.50 bits per heavy atom. The highest BCUT2D eigenvalue weighted by atomic mass is 16.1. The van der Waals surface area contributed by atoms with Gasteiger partial charge in [0.2, 0.25) is 0 Å². The summed E-state index contributed by atoms with van der Waals surface area (Å²) >= 11 is 0. The van der Waals surface area contributed by atoms with Gasteiger partial charge in [0.05, 0.1) is 5.70 Å². The average molecular weight is 83.1 g/mol. The summed E-state index contributed by atoms with van der Waals surface area (Å²) in [6, 6.07) is 0. The minimum Gasteiger partial charge on any atom is -0.379 e. The first-order valence-electron chi connectivity index (χ1n) is 1.91. The highest BCUT2D eigenvalue weighted by Gasteiger charge is 2.04. The summed E-state index contributed by atoms with van der Waals surface area (Å²) in [7, 11) is 0. The molecule has 0 atom stereocenters. The Kier molecular flexibility index (Phi) is 0.659. The predicted molar refractivity (Wildman–Crippen MR) is 21.8 cm³/mol. The van der Waals surface area contributed by atoms with Gasteiger partial charge in [0.25, 0.3) is 0 Å². The van der Waals surface area contributed by atoms with Gasteiger partial charge in [0, 0.05) is 13.0 Å². The second kappa shape index (κ2) is 1.15. The predicted octanol–water partition coefficient (Wildman–Crippen LogP) is -0.305. The molecule has 1 saturated heterocycles. The van der Waals surface area contributed by atoms with Gasteiger partial charge in [-0.25, -0.2) is 4.79 Å². The summed E-state index contributed by atoms with van der Waals surface area (Å²) in [6.45, 7) is 0.949. The van der Waals surface area contributed by atoms with Gasteiger partial charge >= 0.3 is 0 Å².